The predicted octanol–water partition coefficient (Wildman–Crippen LogP) is 3.77. The Morgan fingerprint density at radius 3 is 2.66 bits per heavy atom. The van der Waals surface area contributed by atoms with Crippen molar-refractivity contribution in [1.82, 2.24) is 15.6 Å². The third kappa shape index (κ3) is 5.76. The van der Waals surface area contributed by atoms with Gasteiger partial charge in [-0.05, 0) is 49.9 Å². The molecule has 9 heteroatoms. The van der Waals surface area contributed by atoms with Crippen LogP contribution in [0, 0.1) is 23.2 Å². The number of ketones is 1. The Morgan fingerprint density at radius 1 is 1.31 bits per heavy atom. The third-order valence-corrected chi connectivity index (χ3v) is 8.77. The van der Waals surface area contributed by atoms with Crippen molar-refractivity contribution in [3.63, 3.8) is 0 Å². The molecular weight excluding hydrogens is 460 g/mol. The Morgan fingerprint density at radius 2 is 2.06 bits per heavy atom. The molecule has 2 fully saturated rings. The SMILES string of the molecule is COc1cccc2[nH]c(C(=O)C[C@@H](C[Si](C)(C)C)C(=O)N[C@H](C#N)C[C@@H]3CC4(CC4)NC3=O)cc12. The molecule has 1 aliphatic carbocycles. The number of hydrogen-bond donors (Lipinski definition) is 3. The van der Waals surface area contributed by atoms with E-state index < -0.39 is 20.0 Å². The van der Waals surface area contributed by atoms with E-state index in [1.165, 1.54) is 0 Å². The number of rotatable bonds is 10. The van der Waals surface area contributed by atoms with E-state index in [9.17, 15) is 19.6 Å². The Kier molecular flexibility index (Phi) is 6.78. The van der Waals surface area contributed by atoms with Crippen molar-refractivity contribution in [2.75, 3.05) is 7.11 Å². The van der Waals surface area contributed by atoms with Crippen molar-refractivity contribution in [3.8, 4) is 11.8 Å². The summed E-state index contributed by atoms with van der Waals surface area (Å²) in [4.78, 5) is 42.0. The number of carbonyl (C=O) groups excluding carboxylic acids is 3. The van der Waals surface area contributed by atoms with Crippen molar-refractivity contribution >= 4 is 36.6 Å². The number of carbonyl (C=O) groups is 3. The molecule has 0 unspecified atom stereocenters. The number of hydrogen-bond acceptors (Lipinski definition) is 5. The van der Waals surface area contributed by atoms with Gasteiger partial charge in [-0.1, -0.05) is 25.7 Å². The highest BCUT2D eigenvalue weighted by Gasteiger charge is 2.52. The van der Waals surface area contributed by atoms with Crippen LogP contribution in [0.3, 0.4) is 0 Å². The second-order valence-corrected chi connectivity index (χ2v) is 16.8. The fourth-order valence-electron chi connectivity index (χ4n) is 5.15. The van der Waals surface area contributed by atoms with Crippen LogP contribution in [0.2, 0.25) is 25.7 Å². The zero-order chi connectivity index (χ0) is 25.4. The van der Waals surface area contributed by atoms with E-state index in [2.05, 4.69) is 41.3 Å². The van der Waals surface area contributed by atoms with Crippen LogP contribution < -0.4 is 15.4 Å². The summed E-state index contributed by atoms with van der Waals surface area (Å²) in [5, 5.41) is 16.4. The molecule has 1 saturated heterocycles. The Bertz CT molecular complexity index is 1190. The average molecular weight is 495 g/mol. The minimum absolute atomic E-state index is 0.0277. The van der Waals surface area contributed by atoms with Crippen molar-refractivity contribution in [3.05, 3.63) is 30.0 Å². The van der Waals surface area contributed by atoms with Crippen LogP contribution in [0.5, 0.6) is 5.75 Å². The first-order chi connectivity index (χ1) is 16.5. The number of nitrogens with one attached hydrogen (secondary N) is 3. The van der Waals surface area contributed by atoms with Gasteiger partial charge >= 0.3 is 0 Å². The fourth-order valence-corrected chi connectivity index (χ4v) is 6.96. The molecule has 4 rings (SSSR count). The summed E-state index contributed by atoms with van der Waals surface area (Å²) in [5.41, 5.74) is 1.17. The maximum Gasteiger partial charge on any atom is 0.224 e. The molecule has 3 N–H and O–H groups in total. The molecule has 1 aliphatic heterocycles. The molecule has 35 heavy (non-hydrogen) atoms. The summed E-state index contributed by atoms with van der Waals surface area (Å²) in [7, 11) is -0.120. The van der Waals surface area contributed by atoms with Crippen LogP contribution in [-0.4, -0.2) is 49.3 Å². The lowest BCUT2D eigenvalue weighted by molar-refractivity contribution is -0.126. The normalized spacial score (nSPS) is 20.2. The lowest BCUT2D eigenvalue weighted by Crippen LogP contribution is -2.42. The van der Waals surface area contributed by atoms with Crippen LogP contribution in [0.15, 0.2) is 24.3 Å². The molecule has 3 atom stereocenters. The average Bonchev–Trinajstić information content (AvgIpc) is 3.26. The van der Waals surface area contributed by atoms with E-state index in [-0.39, 0.29) is 35.5 Å². The van der Waals surface area contributed by atoms with Gasteiger partial charge in [0.1, 0.15) is 11.8 Å². The van der Waals surface area contributed by atoms with Crippen LogP contribution in [0.4, 0.5) is 0 Å². The minimum atomic E-state index is -1.71. The summed E-state index contributed by atoms with van der Waals surface area (Å²) in [5.74, 6) is -0.594. The zero-order valence-electron chi connectivity index (χ0n) is 20.9. The first kappa shape index (κ1) is 25.0. The molecule has 186 valence electrons. The minimum Gasteiger partial charge on any atom is -0.496 e. The second-order valence-electron chi connectivity index (χ2n) is 11.3. The van der Waals surface area contributed by atoms with E-state index in [1.807, 2.05) is 18.2 Å². The number of nitrogens with zero attached hydrogens (tertiary/aromatic N) is 1. The first-order valence-electron chi connectivity index (χ1n) is 12.2. The number of nitriles is 1. The third-order valence-electron chi connectivity index (χ3n) is 7.05. The molecule has 8 nitrogen and oxygen atoms in total. The summed E-state index contributed by atoms with van der Waals surface area (Å²) in [6.07, 6.45) is 3.04. The zero-order valence-corrected chi connectivity index (χ0v) is 21.9. The molecule has 2 amide bonds. The maximum atomic E-state index is 13.3. The molecule has 1 aromatic heterocycles. The number of methoxy groups -OCH3 is 1. The Hall–Kier alpha value is -3.12. The van der Waals surface area contributed by atoms with E-state index in [1.54, 1.807) is 13.2 Å². The molecule has 2 heterocycles. The van der Waals surface area contributed by atoms with Gasteiger partial charge in [-0.2, -0.15) is 5.26 Å². The second kappa shape index (κ2) is 9.50. The van der Waals surface area contributed by atoms with Gasteiger partial charge in [0.25, 0.3) is 0 Å². The van der Waals surface area contributed by atoms with Gasteiger partial charge in [0, 0.05) is 42.8 Å². The Balaban J connectivity index is 1.46. The molecule has 1 saturated carbocycles. The Labute approximate surface area is 206 Å². The number of fused-ring (bicyclic) bond motifs is 1. The lowest BCUT2D eigenvalue weighted by Gasteiger charge is -2.25. The highest BCUT2D eigenvalue weighted by molar-refractivity contribution is 6.76. The number of benzene rings is 1. The van der Waals surface area contributed by atoms with Gasteiger partial charge in [0.15, 0.2) is 5.78 Å². The molecule has 2 aliphatic rings. The molecule has 1 spiro atoms. The van der Waals surface area contributed by atoms with Crippen LogP contribution >= 0.6 is 0 Å². The lowest BCUT2D eigenvalue weighted by atomic mass is 9.95. The van der Waals surface area contributed by atoms with Crippen LogP contribution in [-0.2, 0) is 9.59 Å². The summed E-state index contributed by atoms with van der Waals surface area (Å²) >= 11 is 0. The number of ether oxygens (including phenoxy) is 1. The van der Waals surface area contributed by atoms with Gasteiger partial charge in [-0.25, -0.2) is 0 Å². The van der Waals surface area contributed by atoms with Gasteiger partial charge in [0.05, 0.1) is 18.9 Å². The molecule has 0 radical (unpaired) electrons. The number of aromatic nitrogens is 1. The smallest absolute Gasteiger partial charge is 0.224 e. The van der Waals surface area contributed by atoms with Gasteiger partial charge < -0.3 is 20.4 Å². The standard InChI is InChI=1S/C26H34N4O4Si/c1-34-23-7-5-6-20-19(23)12-21(29-20)22(31)11-17(15-35(2,3)4)24(32)28-18(14-27)10-16-13-26(8-9-26)30-25(16)33/h5-7,12,16-18,29H,8-11,13,15H2,1-4H3,(H,28,32)(H,30,33)/t16-,17+,18+/m1/s1. The summed E-state index contributed by atoms with van der Waals surface area (Å²) in [6.45, 7) is 6.47. The van der Waals surface area contributed by atoms with Crippen molar-refractivity contribution in [2.24, 2.45) is 11.8 Å². The van der Waals surface area contributed by atoms with Crippen molar-refractivity contribution < 1.29 is 19.1 Å². The largest absolute Gasteiger partial charge is 0.496 e. The number of amides is 2. The van der Waals surface area contributed by atoms with Gasteiger partial charge in [-0.3, -0.25) is 14.4 Å². The first-order valence-corrected chi connectivity index (χ1v) is 15.9. The van der Waals surface area contributed by atoms with E-state index in [0.29, 0.717) is 23.9 Å². The number of H-pyrrole nitrogens is 1. The van der Waals surface area contributed by atoms with E-state index >= 15 is 0 Å². The monoisotopic (exact) mass is 494 g/mol. The van der Waals surface area contributed by atoms with Crippen molar-refractivity contribution in [1.29, 1.82) is 5.26 Å². The molecule has 1 aromatic carbocycles. The predicted molar refractivity (Wildman–Crippen MR) is 136 cm³/mol. The van der Waals surface area contributed by atoms with E-state index in [4.69, 9.17) is 4.74 Å². The van der Waals surface area contributed by atoms with E-state index in [0.717, 1.165) is 30.2 Å². The van der Waals surface area contributed by atoms with Gasteiger partial charge in [0.2, 0.25) is 11.8 Å². The number of aromatic amines is 1. The molecule has 2 aromatic rings. The fraction of sp³-hybridized carbons (Fsp3) is 0.538. The highest BCUT2D eigenvalue weighted by atomic mass is 28.3. The van der Waals surface area contributed by atoms with Crippen LogP contribution in [0.1, 0.15) is 42.6 Å². The van der Waals surface area contributed by atoms with Crippen LogP contribution in [0.25, 0.3) is 10.9 Å². The maximum absolute atomic E-state index is 13.3. The summed E-state index contributed by atoms with van der Waals surface area (Å²) in [6, 6.07) is 9.36. The number of Topliss-reactive ketones (excluding diaryl/α,β-unsaturated/α-hetero) is 1. The molecular formula is C26H34N4O4Si. The summed E-state index contributed by atoms with van der Waals surface area (Å²) < 4.78 is 5.39. The van der Waals surface area contributed by atoms with Gasteiger partial charge in [-0.15, -0.1) is 0 Å². The molecule has 0 bridgehead atoms. The van der Waals surface area contributed by atoms with Crippen molar-refractivity contribution in [2.45, 2.75) is 69.4 Å². The topological polar surface area (TPSA) is 124 Å². The quantitative estimate of drug-likeness (QED) is 0.343. The highest BCUT2D eigenvalue weighted by Crippen LogP contribution is 2.46.